The number of rotatable bonds is 3. The van der Waals surface area contributed by atoms with Gasteiger partial charge in [0, 0.05) is 5.56 Å². The maximum absolute atomic E-state index is 13.2. The second kappa shape index (κ2) is 4.97. The van der Waals surface area contributed by atoms with Gasteiger partial charge in [-0.2, -0.15) is 0 Å². The smallest absolute Gasteiger partial charge is 0.200 e. The van der Waals surface area contributed by atoms with Crippen molar-refractivity contribution >= 4 is 0 Å². The largest absolute Gasteiger partial charge is 0.391 e. The normalized spacial score (nSPS) is 14.8. The molecule has 0 spiro atoms. The number of aliphatic hydroxyl groups excluding tert-OH is 1. The summed E-state index contributed by atoms with van der Waals surface area (Å²) in [6.07, 6.45) is -1.39. The van der Waals surface area contributed by atoms with Gasteiger partial charge in [-0.1, -0.05) is 6.92 Å². The molecule has 2 atom stereocenters. The van der Waals surface area contributed by atoms with Crippen LogP contribution >= 0.6 is 0 Å². The van der Waals surface area contributed by atoms with Gasteiger partial charge < -0.3 is 10.8 Å². The zero-order chi connectivity index (χ0) is 13.3. The molecule has 0 unspecified atom stereocenters. The monoisotopic (exact) mass is 255 g/mol. The summed E-state index contributed by atoms with van der Waals surface area (Å²) in [5.74, 6) is -10.4. The van der Waals surface area contributed by atoms with Crippen LogP contribution in [-0.2, 0) is 0 Å². The van der Waals surface area contributed by atoms with Crippen molar-refractivity contribution in [2.45, 2.75) is 25.5 Å². The third-order valence-corrected chi connectivity index (χ3v) is 2.41. The molecule has 3 N–H and O–H groups in total. The van der Waals surface area contributed by atoms with Crippen molar-refractivity contribution in [2.75, 3.05) is 0 Å². The van der Waals surface area contributed by atoms with Crippen LogP contribution in [0.2, 0.25) is 0 Å². The number of benzene rings is 1. The highest BCUT2D eigenvalue weighted by Crippen LogP contribution is 2.28. The van der Waals surface area contributed by atoms with E-state index in [1.165, 1.54) is 6.92 Å². The summed E-state index contributed by atoms with van der Waals surface area (Å²) in [5.41, 5.74) is 4.05. The van der Waals surface area contributed by atoms with Crippen LogP contribution in [-0.4, -0.2) is 11.2 Å². The topological polar surface area (TPSA) is 46.2 Å². The zero-order valence-electron chi connectivity index (χ0n) is 8.78. The number of hydrogen-bond donors (Lipinski definition) is 2. The first kappa shape index (κ1) is 13.9. The standard InChI is InChI=1S/C10H10F5NO/c1-2-3(17)10(16)4-5(11)7(13)9(15)8(14)6(4)12/h3,10,17H,2,16H2,1H3/t3-,10-/m0/s1. The van der Waals surface area contributed by atoms with Crippen molar-refractivity contribution in [2.24, 2.45) is 5.73 Å². The second-order valence-electron chi connectivity index (χ2n) is 3.48. The Morgan fingerprint density at radius 2 is 1.29 bits per heavy atom. The highest BCUT2D eigenvalue weighted by atomic mass is 19.2. The Balaban J connectivity index is 3.44. The predicted octanol–water partition coefficient (Wildman–Crippen LogP) is 2.15. The average molecular weight is 255 g/mol. The van der Waals surface area contributed by atoms with Crippen LogP contribution in [0.5, 0.6) is 0 Å². The maximum Gasteiger partial charge on any atom is 0.200 e. The van der Waals surface area contributed by atoms with E-state index in [-0.39, 0.29) is 6.42 Å². The number of hydrogen-bond acceptors (Lipinski definition) is 2. The number of aliphatic hydroxyl groups is 1. The fraction of sp³-hybridized carbons (Fsp3) is 0.400. The fourth-order valence-electron chi connectivity index (χ4n) is 1.36. The summed E-state index contributed by atoms with van der Waals surface area (Å²) in [4.78, 5) is 0. The summed E-state index contributed by atoms with van der Waals surface area (Å²) in [7, 11) is 0. The van der Waals surface area contributed by atoms with Crippen LogP contribution < -0.4 is 5.73 Å². The van der Waals surface area contributed by atoms with Gasteiger partial charge >= 0.3 is 0 Å². The van der Waals surface area contributed by atoms with Gasteiger partial charge in [0.05, 0.1) is 12.1 Å². The highest BCUT2D eigenvalue weighted by Gasteiger charge is 2.31. The molecule has 1 aromatic rings. The van der Waals surface area contributed by atoms with E-state index < -0.39 is 46.8 Å². The summed E-state index contributed by atoms with van der Waals surface area (Å²) in [6, 6.07) is -1.68. The van der Waals surface area contributed by atoms with E-state index in [4.69, 9.17) is 5.73 Å². The van der Waals surface area contributed by atoms with Crippen LogP contribution in [0.15, 0.2) is 0 Å². The Kier molecular flexibility index (Phi) is 4.05. The fourth-order valence-corrected chi connectivity index (χ4v) is 1.36. The lowest BCUT2D eigenvalue weighted by Crippen LogP contribution is -2.28. The molecule has 0 saturated carbocycles. The molecule has 0 amide bonds. The first-order chi connectivity index (χ1) is 7.82. The van der Waals surface area contributed by atoms with Crippen LogP contribution in [0, 0.1) is 29.1 Å². The summed E-state index contributed by atoms with van der Waals surface area (Å²) in [6.45, 7) is 1.45. The van der Waals surface area contributed by atoms with Crippen molar-refractivity contribution in [3.8, 4) is 0 Å². The Hall–Kier alpha value is -1.21. The molecule has 0 saturated heterocycles. The van der Waals surface area contributed by atoms with E-state index in [0.29, 0.717) is 0 Å². The van der Waals surface area contributed by atoms with Gasteiger partial charge in [0.25, 0.3) is 0 Å². The van der Waals surface area contributed by atoms with Crippen LogP contribution in [0.4, 0.5) is 22.0 Å². The Morgan fingerprint density at radius 3 is 1.65 bits per heavy atom. The molecule has 1 aromatic carbocycles. The molecule has 1 rings (SSSR count). The van der Waals surface area contributed by atoms with Gasteiger partial charge in [0.15, 0.2) is 23.3 Å². The van der Waals surface area contributed by atoms with Gasteiger partial charge in [-0.05, 0) is 6.42 Å². The lowest BCUT2D eigenvalue weighted by Gasteiger charge is -2.19. The van der Waals surface area contributed by atoms with Crippen molar-refractivity contribution in [3.63, 3.8) is 0 Å². The van der Waals surface area contributed by atoms with Crippen LogP contribution in [0.1, 0.15) is 24.9 Å². The molecule has 0 fully saturated rings. The maximum atomic E-state index is 13.2. The number of nitrogens with two attached hydrogens (primary N) is 1. The third kappa shape index (κ3) is 2.25. The van der Waals surface area contributed by atoms with Crippen molar-refractivity contribution in [1.82, 2.24) is 0 Å². The molecule has 0 aliphatic carbocycles. The molecule has 96 valence electrons. The van der Waals surface area contributed by atoms with Gasteiger partial charge in [0.1, 0.15) is 0 Å². The van der Waals surface area contributed by atoms with Crippen molar-refractivity contribution in [1.29, 1.82) is 0 Å². The summed E-state index contributed by atoms with van der Waals surface area (Å²) in [5, 5.41) is 9.28. The molecular formula is C10H10F5NO. The first-order valence-corrected chi connectivity index (χ1v) is 4.77. The van der Waals surface area contributed by atoms with E-state index in [2.05, 4.69) is 0 Å². The van der Waals surface area contributed by atoms with E-state index in [1.807, 2.05) is 0 Å². The Labute approximate surface area is 93.9 Å². The van der Waals surface area contributed by atoms with E-state index in [9.17, 15) is 27.1 Å². The molecule has 0 aliphatic rings. The minimum atomic E-state index is -2.25. The van der Waals surface area contributed by atoms with Gasteiger partial charge in [-0.15, -0.1) is 0 Å². The van der Waals surface area contributed by atoms with Crippen LogP contribution in [0.25, 0.3) is 0 Å². The molecule has 0 aliphatic heterocycles. The SMILES string of the molecule is CC[C@H](O)[C@H](N)c1c(F)c(F)c(F)c(F)c1F. The molecule has 0 heterocycles. The van der Waals surface area contributed by atoms with E-state index in [0.717, 1.165) is 0 Å². The summed E-state index contributed by atoms with van der Waals surface area (Å²) < 4.78 is 64.9. The van der Waals surface area contributed by atoms with Crippen LogP contribution in [0.3, 0.4) is 0 Å². The molecule has 7 heteroatoms. The first-order valence-electron chi connectivity index (χ1n) is 4.77. The zero-order valence-corrected chi connectivity index (χ0v) is 8.78. The Bertz CT molecular complexity index is 408. The molecule has 0 bridgehead atoms. The van der Waals surface area contributed by atoms with Gasteiger partial charge in [0.2, 0.25) is 5.82 Å². The minimum Gasteiger partial charge on any atom is -0.391 e. The lowest BCUT2D eigenvalue weighted by molar-refractivity contribution is 0.136. The average Bonchev–Trinajstić information content (AvgIpc) is 2.32. The van der Waals surface area contributed by atoms with E-state index >= 15 is 0 Å². The predicted molar refractivity (Wildman–Crippen MR) is 49.5 cm³/mol. The molecular weight excluding hydrogens is 245 g/mol. The minimum absolute atomic E-state index is 0.0145. The summed E-state index contributed by atoms with van der Waals surface area (Å²) >= 11 is 0. The quantitative estimate of drug-likeness (QED) is 0.494. The van der Waals surface area contributed by atoms with Gasteiger partial charge in [-0.3, -0.25) is 0 Å². The number of halogens is 5. The lowest BCUT2D eigenvalue weighted by atomic mass is 9.99. The van der Waals surface area contributed by atoms with Crippen molar-refractivity contribution in [3.05, 3.63) is 34.6 Å². The molecule has 0 aromatic heterocycles. The van der Waals surface area contributed by atoms with Crippen molar-refractivity contribution < 1.29 is 27.1 Å². The second-order valence-corrected chi connectivity index (χ2v) is 3.48. The molecule has 2 nitrogen and oxygen atoms in total. The van der Waals surface area contributed by atoms with Gasteiger partial charge in [-0.25, -0.2) is 22.0 Å². The highest BCUT2D eigenvalue weighted by molar-refractivity contribution is 5.27. The third-order valence-electron chi connectivity index (χ3n) is 2.41. The van der Waals surface area contributed by atoms with E-state index in [1.54, 1.807) is 0 Å². The Morgan fingerprint density at radius 1 is 0.941 bits per heavy atom. The molecule has 0 radical (unpaired) electrons. The molecule has 17 heavy (non-hydrogen) atoms.